The molecule has 0 atom stereocenters. The zero-order chi connectivity index (χ0) is 24.2. The van der Waals surface area contributed by atoms with Gasteiger partial charge in [0, 0.05) is 47.8 Å². The molecule has 0 saturated carbocycles. The number of benzene rings is 3. The summed E-state index contributed by atoms with van der Waals surface area (Å²) < 4.78 is 27.7. The molecule has 3 aromatic carbocycles. The number of carbonyl (C=O) groups excluding carboxylic acids is 1. The van der Waals surface area contributed by atoms with Crippen LogP contribution in [-0.4, -0.2) is 32.8 Å². The maximum atomic E-state index is 12.6. The molecule has 3 aromatic rings. The number of rotatable bonds is 8. The van der Waals surface area contributed by atoms with E-state index in [1.54, 1.807) is 6.07 Å². The van der Waals surface area contributed by atoms with Crippen LogP contribution in [0.25, 0.3) is 0 Å². The first-order valence-corrected chi connectivity index (χ1v) is 11.6. The zero-order valence-corrected chi connectivity index (χ0v) is 19.2. The molecule has 0 saturated heterocycles. The van der Waals surface area contributed by atoms with E-state index in [1.807, 2.05) is 37.1 Å². The fourth-order valence-corrected chi connectivity index (χ4v) is 4.14. The average Bonchev–Trinajstić information content (AvgIpc) is 2.78. The highest BCUT2D eigenvalue weighted by molar-refractivity contribution is 7.92. The number of aryl methyl sites for hydroxylation is 1. The Labute approximate surface area is 192 Å². The number of carbonyl (C=O) groups is 1. The van der Waals surface area contributed by atoms with E-state index >= 15 is 0 Å². The Balaban J connectivity index is 1.73. The van der Waals surface area contributed by atoms with Crippen LogP contribution in [0, 0.1) is 17.0 Å². The summed E-state index contributed by atoms with van der Waals surface area (Å²) in [7, 11) is -2.09. The van der Waals surface area contributed by atoms with Gasteiger partial charge in [-0.25, -0.2) is 8.42 Å². The van der Waals surface area contributed by atoms with Crippen LogP contribution >= 0.6 is 0 Å². The Kier molecular flexibility index (Phi) is 6.98. The quantitative estimate of drug-likeness (QED) is 0.373. The third-order valence-electron chi connectivity index (χ3n) is 5.11. The topological polar surface area (TPSA) is 122 Å². The highest BCUT2D eigenvalue weighted by atomic mass is 32.2. The molecule has 0 fully saturated rings. The van der Waals surface area contributed by atoms with Crippen molar-refractivity contribution in [3.8, 4) is 0 Å². The minimum Gasteiger partial charge on any atom is -0.375 e. The normalized spacial score (nSPS) is 11.0. The van der Waals surface area contributed by atoms with Gasteiger partial charge in [0.15, 0.2) is 0 Å². The number of sulfonamides is 1. The maximum absolute atomic E-state index is 12.6. The lowest BCUT2D eigenvalue weighted by molar-refractivity contribution is -0.385. The van der Waals surface area contributed by atoms with E-state index in [0.717, 1.165) is 18.3 Å². The average molecular weight is 469 g/mol. The van der Waals surface area contributed by atoms with Gasteiger partial charge >= 0.3 is 0 Å². The summed E-state index contributed by atoms with van der Waals surface area (Å²) in [5, 5.41) is 13.9. The van der Waals surface area contributed by atoms with Gasteiger partial charge in [0.2, 0.25) is 0 Å². The number of hydrogen-bond acceptors (Lipinski definition) is 6. The van der Waals surface area contributed by atoms with Gasteiger partial charge < -0.3 is 10.2 Å². The van der Waals surface area contributed by atoms with Crippen molar-refractivity contribution in [2.45, 2.75) is 18.7 Å². The Bertz CT molecular complexity index is 1290. The van der Waals surface area contributed by atoms with Crippen molar-refractivity contribution < 1.29 is 18.1 Å². The van der Waals surface area contributed by atoms with Crippen LogP contribution in [-0.2, 0) is 10.0 Å². The molecule has 0 heterocycles. The van der Waals surface area contributed by atoms with Crippen molar-refractivity contribution in [2.75, 3.05) is 28.5 Å². The predicted molar refractivity (Wildman–Crippen MR) is 128 cm³/mol. The summed E-state index contributed by atoms with van der Waals surface area (Å²) >= 11 is 0. The molecule has 0 spiro atoms. The molecule has 0 radical (unpaired) electrons. The molecular weight excluding hydrogens is 444 g/mol. The fourth-order valence-electron chi connectivity index (χ4n) is 3.06. The zero-order valence-electron chi connectivity index (χ0n) is 18.4. The van der Waals surface area contributed by atoms with Crippen molar-refractivity contribution in [1.82, 2.24) is 0 Å². The van der Waals surface area contributed by atoms with Crippen LogP contribution in [0.1, 0.15) is 22.8 Å². The first kappa shape index (κ1) is 23.7. The Morgan fingerprint density at radius 1 is 1.03 bits per heavy atom. The molecule has 172 valence electrons. The van der Waals surface area contributed by atoms with E-state index in [9.17, 15) is 23.3 Å². The molecule has 2 N–H and O–H groups in total. The summed E-state index contributed by atoms with van der Waals surface area (Å²) in [6, 6.07) is 17.0. The predicted octanol–water partition coefficient (Wildman–Crippen LogP) is 4.41. The van der Waals surface area contributed by atoms with Crippen molar-refractivity contribution >= 4 is 38.7 Å². The number of nitro benzene ring substituents is 1. The van der Waals surface area contributed by atoms with Crippen LogP contribution in [0.15, 0.2) is 71.6 Å². The number of nitrogens with one attached hydrogen (secondary N) is 2. The molecule has 33 heavy (non-hydrogen) atoms. The van der Waals surface area contributed by atoms with E-state index < -0.39 is 14.9 Å². The first-order valence-electron chi connectivity index (χ1n) is 10.1. The van der Waals surface area contributed by atoms with Crippen molar-refractivity contribution in [1.29, 1.82) is 0 Å². The molecule has 0 aliphatic rings. The van der Waals surface area contributed by atoms with Gasteiger partial charge in [-0.1, -0.05) is 12.1 Å². The Morgan fingerprint density at radius 2 is 1.73 bits per heavy atom. The standard InChI is InChI=1S/C23H24N4O5S/c1-4-26(3)20-7-5-6-19(14-20)24-23(28)17-9-11-18(12-10-17)25-33(31,32)21-13-8-16(2)22(15-21)27(29)30/h5-15,25H,4H2,1-3H3,(H,24,28). The maximum Gasteiger partial charge on any atom is 0.273 e. The summed E-state index contributed by atoms with van der Waals surface area (Å²) in [5.41, 5.74) is 2.26. The number of nitrogens with zero attached hydrogens (tertiary/aromatic N) is 2. The van der Waals surface area contributed by atoms with Crippen molar-refractivity contribution in [3.63, 3.8) is 0 Å². The molecule has 0 unspecified atom stereocenters. The van der Waals surface area contributed by atoms with Gasteiger partial charge in [0.25, 0.3) is 21.6 Å². The fraction of sp³-hybridized carbons (Fsp3) is 0.174. The van der Waals surface area contributed by atoms with Crippen molar-refractivity contribution in [2.24, 2.45) is 0 Å². The highest BCUT2D eigenvalue weighted by Gasteiger charge is 2.20. The molecule has 3 rings (SSSR count). The Hall–Kier alpha value is -3.92. The van der Waals surface area contributed by atoms with Crippen LogP contribution in [0.5, 0.6) is 0 Å². The second-order valence-corrected chi connectivity index (χ2v) is 9.09. The lowest BCUT2D eigenvalue weighted by atomic mass is 10.2. The van der Waals surface area contributed by atoms with Crippen LogP contribution < -0.4 is 14.9 Å². The third-order valence-corrected chi connectivity index (χ3v) is 6.49. The number of hydrogen-bond donors (Lipinski definition) is 2. The monoisotopic (exact) mass is 468 g/mol. The van der Waals surface area contributed by atoms with Gasteiger partial charge in [-0.15, -0.1) is 0 Å². The lowest BCUT2D eigenvalue weighted by Crippen LogP contribution is -2.17. The minimum absolute atomic E-state index is 0.223. The third kappa shape index (κ3) is 5.66. The highest BCUT2D eigenvalue weighted by Crippen LogP contribution is 2.24. The molecule has 0 bridgehead atoms. The van der Waals surface area contributed by atoms with Gasteiger partial charge in [0.1, 0.15) is 0 Å². The van der Waals surface area contributed by atoms with Crippen molar-refractivity contribution in [3.05, 3.63) is 88.0 Å². The van der Waals surface area contributed by atoms with E-state index in [1.165, 1.54) is 43.3 Å². The SMILES string of the molecule is CCN(C)c1cccc(NC(=O)c2ccc(NS(=O)(=O)c3ccc(C)c([N+](=O)[O-])c3)cc2)c1. The van der Waals surface area contributed by atoms with Gasteiger partial charge in [-0.3, -0.25) is 19.6 Å². The van der Waals surface area contributed by atoms with Gasteiger partial charge in [-0.2, -0.15) is 0 Å². The summed E-state index contributed by atoms with van der Waals surface area (Å²) in [6.45, 7) is 4.38. The molecule has 0 aliphatic heterocycles. The number of amides is 1. The van der Waals surface area contributed by atoms with E-state index in [0.29, 0.717) is 16.8 Å². The van der Waals surface area contributed by atoms with Crippen LogP contribution in [0.2, 0.25) is 0 Å². The molecule has 10 heteroatoms. The second-order valence-electron chi connectivity index (χ2n) is 7.41. The van der Waals surface area contributed by atoms with Crippen LogP contribution in [0.3, 0.4) is 0 Å². The molecule has 0 aliphatic carbocycles. The molecule has 0 aromatic heterocycles. The number of nitro groups is 1. The summed E-state index contributed by atoms with van der Waals surface area (Å²) in [4.78, 5) is 24.9. The van der Waals surface area contributed by atoms with E-state index in [-0.39, 0.29) is 22.2 Å². The summed E-state index contributed by atoms with van der Waals surface area (Å²) in [5.74, 6) is -0.338. The smallest absolute Gasteiger partial charge is 0.273 e. The molecule has 1 amide bonds. The number of anilines is 3. The van der Waals surface area contributed by atoms with Crippen LogP contribution in [0.4, 0.5) is 22.7 Å². The van der Waals surface area contributed by atoms with E-state index in [4.69, 9.17) is 0 Å². The van der Waals surface area contributed by atoms with E-state index in [2.05, 4.69) is 10.0 Å². The largest absolute Gasteiger partial charge is 0.375 e. The molecule has 9 nitrogen and oxygen atoms in total. The second kappa shape index (κ2) is 9.70. The first-order chi connectivity index (χ1) is 15.6. The lowest BCUT2D eigenvalue weighted by Gasteiger charge is -2.17. The minimum atomic E-state index is -4.04. The molecular formula is C23H24N4O5S. The van der Waals surface area contributed by atoms with Gasteiger partial charge in [-0.05, 0) is 62.4 Å². The van der Waals surface area contributed by atoms with Gasteiger partial charge in [0.05, 0.1) is 9.82 Å². The summed E-state index contributed by atoms with van der Waals surface area (Å²) in [6.07, 6.45) is 0. The Morgan fingerprint density at radius 3 is 2.36 bits per heavy atom.